The fourth-order valence-corrected chi connectivity index (χ4v) is 5.42. The van der Waals surface area contributed by atoms with Gasteiger partial charge in [-0.1, -0.05) is 5.16 Å². The first-order valence-corrected chi connectivity index (χ1v) is 12.5. The molecule has 0 bridgehead atoms. The molecule has 2 atom stereocenters. The Kier molecular flexibility index (Phi) is 7.65. The summed E-state index contributed by atoms with van der Waals surface area (Å²) in [6.07, 6.45) is 3.06. The fourth-order valence-electron chi connectivity index (χ4n) is 3.65. The van der Waals surface area contributed by atoms with Crippen LogP contribution in [0.3, 0.4) is 0 Å². The molecule has 1 unspecified atom stereocenters. The van der Waals surface area contributed by atoms with E-state index < -0.39 is 35.1 Å². The van der Waals surface area contributed by atoms with E-state index in [1.807, 2.05) is 0 Å². The molecule has 194 valence electrons. The predicted molar refractivity (Wildman–Crippen MR) is 125 cm³/mol. The molecule has 2 aromatic rings. The molecular weight excluding hydrogens is 528 g/mol. The van der Waals surface area contributed by atoms with Crippen molar-refractivity contribution in [2.24, 2.45) is 5.16 Å². The van der Waals surface area contributed by atoms with E-state index in [9.17, 15) is 24.3 Å². The van der Waals surface area contributed by atoms with Crippen molar-refractivity contribution in [3.05, 3.63) is 47.2 Å². The number of nitrogens with two attached hydrogens (primary N) is 1. The van der Waals surface area contributed by atoms with Crippen LogP contribution < -0.4 is 26.2 Å². The minimum atomic E-state index is -1.53. The summed E-state index contributed by atoms with van der Waals surface area (Å²) >= 11 is 2.13. The molecule has 2 aliphatic rings. The topological polar surface area (TPSA) is 216 Å². The number of aromatic nitrogens is 3. The number of fused-ring (bicyclic) bond motifs is 1. The maximum Gasteiger partial charge on any atom is 0.278 e. The van der Waals surface area contributed by atoms with Crippen LogP contribution in [0.15, 0.2) is 41.0 Å². The highest BCUT2D eigenvalue weighted by atomic mass is 32.2. The van der Waals surface area contributed by atoms with E-state index in [0.717, 1.165) is 16.4 Å². The number of carboxylic acid groups (broad SMARTS) is 1. The summed E-state index contributed by atoms with van der Waals surface area (Å²) < 4.78 is 5.56. The molecule has 0 aliphatic carbocycles. The second-order valence-corrected chi connectivity index (χ2v) is 9.50. The Balaban J connectivity index is 1.51. The Bertz CT molecular complexity index is 1310. The van der Waals surface area contributed by atoms with Gasteiger partial charge in [-0.2, -0.15) is 9.36 Å². The second-order valence-electron chi connectivity index (χ2n) is 7.61. The lowest BCUT2D eigenvalue weighted by molar-refractivity contribution is -0.689. The van der Waals surface area contributed by atoms with Crippen molar-refractivity contribution >= 4 is 57.8 Å². The molecule has 0 spiro atoms. The van der Waals surface area contributed by atoms with Crippen LogP contribution in [0.25, 0.3) is 0 Å². The fraction of sp³-hybridized carbons (Fsp3) is 0.300. The highest BCUT2D eigenvalue weighted by Crippen LogP contribution is 2.40. The molecule has 0 saturated carbocycles. The van der Waals surface area contributed by atoms with Crippen LogP contribution in [0.1, 0.15) is 23.1 Å². The standard InChI is InChI=1S/C20H20N8O7S2/c1-2-35-25-11(14-23-20(21)37-26-14)16(30)22-12-17(31)28-13(19(32)33)10(8-36-18(12)28)7-27-5-3-9(4-6-27)15(29)24-34/h3-6,12,18H,2,7-8H2,1H3,(H5-,21,22,23,24,25,26,29,30,32,33,34)/t12?,18-/m1/s1. The lowest BCUT2D eigenvalue weighted by Crippen LogP contribution is -2.71. The summed E-state index contributed by atoms with van der Waals surface area (Å²) in [5.74, 6) is -3.47. The number of nitrogens with zero attached hydrogens (tertiary/aromatic N) is 5. The number of β-lactam (4-membered cyclic amide) rings is 1. The van der Waals surface area contributed by atoms with Crippen molar-refractivity contribution in [1.29, 1.82) is 0 Å². The molecule has 3 amide bonds. The van der Waals surface area contributed by atoms with Gasteiger partial charge in [0.2, 0.25) is 11.5 Å². The first-order valence-electron chi connectivity index (χ1n) is 10.7. The number of hydroxylamine groups is 1. The van der Waals surface area contributed by atoms with Gasteiger partial charge in [-0.3, -0.25) is 24.5 Å². The van der Waals surface area contributed by atoms with Gasteiger partial charge in [0.15, 0.2) is 24.1 Å². The van der Waals surface area contributed by atoms with E-state index in [1.54, 1.807) is 11.5 Å². The number of hydrogen-bond donors (Lipinski definition) is 4. The summed E-state index contributed by atoms with van der Waals surface area (Å²) in [7, 11) is 0. The molecule has 1 saturated heterocycles. The van der Waals surface area contributed by atoms with Gasteiger partial charge in [0.05, 0.1) is 17.2 Å². The Labute approximate surface area is 217 Å². The van der Waals surface area contributed by atoms with Crippen molar-refractivity contribution in [2.45, 2.75) is 24.9 Å². The minimum Gasteiger partial charge on any atom is -0.543 e. The number of oxime groups is 1. The number of anilines is 1. The van der Waals surface area contributed by atoms with Crippen LogP contribution in [-0.4, -0.2) is 72.6 Å². The van der Waals surface area contributed by atoms with Crippen LogP contribution in [0, 0.1) is 0 Å². The molecule has 4 rings (SSSR count). The van der Waals surface area contributed by atoms with Crippen molar-refractivity contribution in [3.8, 4) is 0 Å². The van der Waals surface area contributed by atoms with Gasteiger partial charge < -0.3 is 25.8 Å². The van der Waals surface area contributed by atoms with Crippen molar-refractivity contribution in [1.82, 2.24) is 25.1 Å². The number of carboxylic acids is 1. The molecular formula is C20H20N8O7S2. The van der Waals surface area contributed by atoms with Gasteiger partial charge in [0.25, 0.3) is 17.7 Å². The van der Waals surface area contributed by atoms with E-state index in [1.165, 1.54) is 41.8 Å². The van der Waals surface area contributed by atoms with E-state index in [4.69, 9.17) is 15.8 Å². The van der Waals surface area contributed by atoms with Crippen molar-refractivity contribution in [2.75, 3.05) is 18.1 Å². The molecule has 0 aromatic carbocycles. The number of carbonyl (C=O) groups excluding carboxylic acids is 4. The van der Waals surface area contributed by atoms with E-state index in [0.29, 0.717) is 5.57 Å². The zero-order valence-corrected chi connectivity index (χ0v) is 20.7. The zero-order valence-electron chi connectivity index (χ0n) is 19.1. The molecule has 2 aromatic heterocycles. The Morgan fingerprint density at radius 3 is 2.70 bits per heavy atom. The summed E-state index contributed by atoms with van der Waals surface area (Å²) in [5, 5.41) is 26.4. The summed E-state index contributed by atoms with van der Waals surface area (Å²) in [6.45, 7) is 1.94. The van der Waals surface area contributed by atoms with E-state index in [-0.39, 0.29) is 46.8 Å². The number of pyridine rings is 1. The van der Waals surface area contributed by atoms with Crippen LogP contribution in [-0.2, 0) is 25.8 Å². The highest BCUT2D eigenvalue weighted by molar-refractivity contribution is 8.00. The van der Waals surface area contributed by atoms with Crippen LogP contribution in [0.2, 0.25) is 0 Å². The number of hydrogen-bond acceptors (Lipinski definition) is 13. The number of aliphatic carboxylic acids is 1. The number of rotatable bonds is 9. The van der Waals surface area contributed by atoms with E-state index in [2.05, 4.69) is 19.8 Å². The monoisotopic (exact) mass is 548 g/mol. The average molecular weight is 549 g/mol. The molecule has 15 nitrogen and oxygen atoms in total. The van der Waals surface area contributed by atoms with Crippen LogP contribution in [0.4, 0.5) is 5.13 Å². The average Bonchev–Trinajstić information content (AvgIpc) is 3.32. The number of nitrogens with one attached hydrogen (secondary N) is 2. The molecule has 37 heavy (non-hydrogen) atoms. The summed E-state index contributed by atoms with van der Waals surface area (Å²) in [5.41, 5.74) is 7.17. The van der Waals surface area contributed by atoms with Gasteiger partial charge in [-0.05, 0) is 6.92 Å². The maximum absolute atomic E-state index is 13.0. The number of thioether (sulfide) groups is 1. The van der Waals surface area contributed by atoms with Gasteiger partial charge in [0, 0.05) is 35.0 Å². The minimum absolute atomic E-state index is 0.0644. The van der Waals surface area contributed by atoms with Crippen molar-refractivity contribution < 1.29 is 38.9 Å². The lowest BCUT2D eigenvalue weighted by atomic mass is 10.0. The Morgan fingerprint density at radius 1 is 1.38 bits per heavy atom. The second kappa shape index (κ2) is 10.9. The zero-order chi connectivity index (χ0) is 26.7. The third kappa shape index (κ3) is 5.23. The molecule has 1 fully saturated rings. The van der Waals surface area contributed by atoms with Gasteiger partial charge in [0.1, 0.15) is 18.0 Å². The lowest BCUT2D eigenvalue weighted by Gasteiger charge is -2.50. The molecule has 17 heteroatoms. The third-order valence-corrected chi connectivity index (χ3v) is 7.19. The predicted octanol–water partition coefficient (Wildman–Crippen LogP) is -2.63. The van der Waals surface area contributed by atoms with Crippen LogP contribution in [0.5, 0.6) is 0 Å². The number of carbonyl (C=O) groups is 4. The maximum atomic E-state index is 13.0. The molecule has 2 aliphatic heterocycles. The quantitative estimate of drug-likeness (QED) is 0.0835. The first-order chi connectivity index (χ1) is 17.7. The smallest absolute Gasteiger partial charge is 0.278 e. The Morgan fingerprint density at radius 2 is 2.11 bits per heavy atom. The highest BCUT2D eigenvalue weighted by Gasteiger charge is 2.53. The van der Waals surface area contributed by atoms with Gasteiger partial charge in [-0.25, -0.2) is 10.0 Å². The molecule has 5 N–H and O–H groups in total. The largest absolute Gasteiger partial charge is 0.543 e. The van der Waals surface area contributed by atoms with Crippen molar-refractivity contribution in [3.63, 3.8) is 0 Å². The van der Waals surface area contributed by atoms with Gasteiger partial charge >= 0.3 is 0 Å². The normalized spacial score (nSPS) is 19.1. The van der Waals surface area contributed by atoms with Gasteiger partial charge in [-0.15, -0.1) is 11.8 Å². The SMILES string of the molecule is CCON=C(C(=O)NC1C(=O)N2C(C(=O)[O-])=C(C[n+]3ccc(C(=O)NO)cc3)CS[C@H]12)c1nsc(N)n1. The number of nitrogen functional groups attached to an aromatic ring is 1. The Hall–Kier alpha value is -4.09. The summed E-state index contributed by atoms with van der Waals surface area (Å²) in [6, 6.07) is 1.85. The van der Waals surface area contributed by atoms with Crippen LogP contribution >= 0.6 is 23.3 Å². The first kappa shape index (κ1) is 26.0. The number of amides is 3. The molecule has 4 heterocycles. The third-order valence-electron chi connectivity index (χ3n) is 5.31. The molecule has 0 radical (unpaired) electrons. The van der Waals surface area contributed by atoms with E-state index >= 15 is 0 Å². The summed E-state index contributed by atoms with van der Waals surface area (Å²) in [4.78, 5) is 59.3.